The van der Waals surface area contributed by atoms with Gasteiger partial charge in [-0.25, -0.2) is 0 Å². The second-order valence-electron chi connectivity index (χ2n) is 6.75. The van der Waals surface area contributed by atoms with Crippen molar-refractivity contribution in [3.05, 3.63) is 78.5 Å². The van der Waals surface area contributed by atoms with Gasteiger partial charge in [-0.2, -0.15) is 0 Å². The number of aromatic nitrogens is 1. The summed E-state index contributed by atoms with van der Waals surface area (Å²) in [6.07, 6.45) is 1.94. The lowest BCUT2D eigenvalue weighted by Gasteiger charge is -2.16. The zero-order valence-corrected chi connectivity index (χ0v) is 14.5. The van der Waals surface area contributed by atoms with E-state index in [4.69, 9.17) is 0 Å². The zero-order valence-electron chi connectivity index (χ0n) is 14.5. The molecule has 2 N–H and O–H groups in total. The molecule has 1 aliphatic rings. The van der Waals surface area contributed by atoms with Gasteiger partial charge in [-0.05, 0) is 29.0 Å². The number of fused-ring (bicyclic) bond motifs is 4. The minimum absolute atomic E-state index is 0.212. The Hall–Kier alpha value is -3.60. The SMILES string of the molecule is O=C1NC(Cn2ccc3ccccc32)C(=O)Nc2c1ccc1ccccc21. The summed E-state index contributed by atoms with van der Waals surface area (Å²) in [6, 6.07) is 20.7. The number of rotatable bonds is 2. The Kier molecular flexibility index (Phi) is 3.47. The van der Waals surface area contributed by atoms with Crippen LogP contribution >= 0.6 is 0 Å². The molecule has 5 rings (SSSR count). The molecule has 132 valence electrons. The molecule has 5 nitrogen and oxygen atoms in total. The molecule has 0 fully saturated rings. The Labute approximate surface area is 155 Å². The van der Waals surface area contributed by atoms with Gasteiger partial charge >= 0.3 is 0 Å². The summed E-state index contributed by atoms with van der Waals surface area (Å²) >= 11 is 0. The molecule has 1 atom stereocenters. The van der Waals surface area contributed by atoms with E-state index in [0.717, 1.165) is 21.7 Å². The predicted molar refractivity (Wildman–Crippen MR) is 106 cm³/mol. The molecule has 3 aromatic carbocycles. The first-order valence-corrected chi connectivity index (χ1v) is 8.88. The largest absolute Gasteiger partial charge is 0.345 e. The molecule has 5 heteroatoms. The van der Waals surface area contributed by atoms with Gasteiger partial charge in [0.1, 0.15) is 6.04 Å². The van der Waals surface area contributed by atoms with Crippen LogP contribution in [0.1, 0.15) is 10.4 Å². The molecule has 0 saturated carbocycles. The molecule has 0 saturated heterocycles. The first-order chi connectivity index (χ1) is 13.2. The molecule has 0 aliphatic carbocycles. The minimum atomic E-state index is -0.653. The Morgan fingerprint density at radius 3 is 2.52 bits per heavy atom. The Balaban J connectivity index is 1.53. The minimum Gasteiger partial charge on any atom is -0.345 e. The first-order valence-electron chi connectivity index (χ1n) is 8.88. The van der Waals surface area contributed by atoms with Gasteiger partial charge in [0, 0.05) is 17.1 Å². The molecule has 2 amide bonds. The summed E-state index contributed by atoms with van der Waals surface area (Å²) < 4.78 is 1.99. The molecule has 0 spiro atoms. The molecule has 27 heavy (non-hydrogen) atoms. The molecule has 1 aromatic heterocycles. The molecule has 4 aromatic rings. The van der Waals surface area contributed by atoms with Crippen LogP contribution in [0.4, 0.5) is 5.69 Å². The second kappa shape index (κ2) is 5.99. The molecule has 2 heterocycles. The normalized spacial score (nSPS) is 16.7. The highest BCUT2D eigenvalue weighted by Gasteiger charge is 2.29. The van der Waals surface area contributed by atoms with Crippen LogP contribution < -0.4 is 10.6 Å². The summed E-state index contributed by atoms with van der Waals surface area (Å²) in [5.74, 6) is -0.452. The molecule has 1 unspecified atom stereocenters. The van der Waals surface area contributed by atoms with E-state index < -0.39 is 6.04 Å². The van der Waals surface area contributed by atoms with Crippen LogP contribution in [-0.4, -0.2) is 22.4 Å². The maximum atomic E-state index is 12.9. The number of amides is 2. The fourth-order valence-electron chi connectivity index (χ4n) is 3.73. The molecule has 0 bridgehead atoms. The topological polar surface area (TPSA) is 63.1 Å². The highest BCUT2D eigenvalue weighted by molar-refractivity contribution is 6.16. The van der Waals surface area contributed by atoms with Crippen LogP contribution in [0, 0.1) is 0 Å². The maximum absolute atomic E-state index is 12.9. The van der Waals surface area contributed by atoms with Crippen LogP contribution in [0.5, 0.6) is 0 Å². The van der Waals surface area contributed by atoms with Crippen molar-refractivity contribution in [3.63, 3.8) is 0 Å². The van der Waals surface area contributed by atoms with Crippen molar-refractivity contribution in [2.24, 2.45) is 0 Å². The van der Waals surface area contributed by atoms with E-state index in [9.17, 15) is 9.59 Å². The van der Waals surface area contributed by atoms with E-state index in [1.165, 1.54) is 0 Å². The maximum Gasteiger partial charge on any atom is 0.254 e. The fraction of sp³-hybridized carbons (Fsp3) is 0.0909. The second-order valence-corrected chi connectivity index (χ2v) is 6.75. The average Bonchev–Trinajstić information content (AvgIpc) is 3.05. The standard InChI is InChI=1S/C22H17N3O2/c26-21-17-10-9-14-5-1-3-7-16(14)20(17)24-22(27)18(23-21)13-25-12-11-15-6-2-4-8-19(15)25/h1-12,18H,13H2,(H,23,26)(H,24,27). The molecule has 1 aliphatic heterocycles. The van der Waals surface area contributed by atoms with Gasteiger partial charge in [-0.3, -0.25) is 9.59 Å². The zero-order chi connectivity index (χ0) is 18.4. The van der Waals surface area contributed by atoms with Gasteiger partial charge in [0.25, 0.3) is 5.91 Å². The van der Waals surface area contributed by atoms with E-state index in [-0.39, 0.29) is 11.8 Å². The van der Waals surface area contributed by atoms with E-state index in [1.54, 1.807) is 6.07 Å². The third-order valence-electron chi connectivity index (χ3n) is 5.10. The third kappa shape index (κ3) is 2.56. The van der Waals surface area contributed by atoms with Crippen molar-refractivity contribution < 1.29 is 9.59 Å². The van der Waals surface area contributed by atoms with Crippen LogP contribution in [-0.2, 0) is 11.3 Å². The molecular weight excluding hydrogens is 338 g/mol. The Morgan fingerprint density at radius 2 is 1.63 bits per heavy atom. The number of nitrogens with one attached hydrogen (secondary N) is 2. The van der Waals surface area contributed by atoms with Crippen molar-refractivity contribution in [2.75, 3.05) is 5.32 Å². The highest BCUT2D eigenvalue weighted by atomic mass is 16.2. The van der Waals surface area contributed by atoms with Gasteiger partial charge in [0.2, 0.25) is 5.91 Å². The summed E-state index contributed by atoms with van der Waals surface area (Å²) in [6.45, 7) is 0.372. The van der Waals surface area contributed by atoms with E-state index in [1.807, 2.05) is 71.4 Å². The third-order valence-corrected chi connectivity index (χ3v) is 5.10. The van der Waals surface area contributed by atoms with E-state index >= 15 is 0 Å². The van der Waals surface area contributed by atoms with Gasteiger partial charge in [0.05, 0.1) is 17.8 Å². The van der Waals surface area contributed by atoms with Crippen molar-refractivity contribution in [1.82, 2.24) is 9.88 Å². The van der Waals surface area contributed by atoms with Gasteiger partial charge in [-0.15, -0.1) is 0 Å². The number of anilines is 1. The van der Waals surface area contributed by atoms with Crippen molar-refractivity contribution in [3.8, 4) is 0 Å². The number of hydrogen-bond acceptors (Lipinski definition) is 2. The van der Waals surface area contributed by atoms with Crippen molar-refractivity contribution in [2.45, 2.75) is 12.6 Å². The van der Waals surface area contributed by atoms with Crippen LogP contribution in [0.15, 0.2) is 72.9 Å². The van der Waals surface area contributed by atoms with Gasteiger partial charge in [0.15, 0.2) is 0 Å². The Bertz CT molecular complexity index is 1210. The van der Waals surface area contributed by atoms with E-state index in [2.05, 4.69) is 10.6 Å². The monoisotopic (exact) mass is 355 g/mol. The van der Waals surface area contributed by atoms with Crippen LogP contribution in [0.25, 0.3) is 21.7 Å². The summed E-state index contributed by atoms with van der Waals surface area (Å²) in [7, 11) is 0. The summed E-state index contributed by atoms with van der Waals surface area (Å²) in [5.41, 5.74) is 2.10. The van der Waals surface area contributed by atoms with Crippen LogP contribution in [0.3, 0.4) is 0 Å². The predicted octanol–water partition coefficient (Wildman–Crippen LogP) is 3.55. The highest BCUT2D eigenvalue weighted by Crippen LogP contribution is 2.29. The first kappa shape index (κ1) is 15.6. The van der Waals surface area contributed by atoms with Gasteiger partial charge in [-0.1, -0.05) is 48.5 Å². The van der Waals surface area contributed by atoms with Gasteiger partial charge < -0.3 is 15.2 Å². The lowest BCUT2D eigenvalue weighted by atomic mass is 10.0. The number of carbonyl (C=O) groups excluding carboxylic acids is 2. The van der Waals surface area contributed by atoms with Crippen LogP contribution in [0.2, 0.25) is 0 Å². The fourth-order valence-corrected chi connectivity index (χ4v) is 3.73. The average molecular weight is 355 g/mol. The van der Waals surface area contributed by atoms with Crippen molar-refractivity contribution >= 4 is 39.2 Å². The smallest absolute Gasteiger partial charge is 0.254 e. The lowest BCUT2D eigenvalue weighted by Crippen LogP contribution is -2.44. The van der Waals surface area contributed by atoms with E-state index in [0.29, 0.717) is 17.8 Å². The summed E-state index contributed by atoms with van der Waals surface area (Å²) in [5, 5.41) is 8.81. The lowest BCUT2D eigenvalue weighted by molar-refractivity contribution is -0.118. The molecule has 0 radical (unpaired) electrons. The number of carbonyl (C=O) groups is 2. The summed E-state index contributed by atoms with van der Waals surface area (Å²) in [4.78, 5) is 25.7. The number of para-hydroxylation sites is 1. The van der Waals surface area contributed by atoms with Crippen molar-refractivity contribution in [1.29, 1.82) is 0 Å². The number of hydrogen-bond donors (Lipinski definition) is 2. The molecular formula is C22H17N3O2. The Morgan fingerprint density at radius 1 is 0.852 bits per heavy atom. The quantitative estimate of drug-likeness (QED) is 0.578. The number of nitrogens with zero attached hydrogens (tertiary/aromatic N) is 1. The number of benzene rings is 3.